The Morgan fingerprint density at radius 1 is 1.03 bits per heavy atom. The summed E-state index contributed by atoms with van der Waals surface area (Å²) >= 11 is 0. The smallest absolute Gasteiger partial charge is 0.196 e. The molecule has 0 amide bonds. The standard InChI is InChI=1S/C23H29N3O3/c1-17-6-2-3-7-18(17)15-24-23(25-16-20-8-4-11-27-20)26-19-9-10-21-22(14-19)29-13-5-12-28-21/h2-3,6-7,9-10,14,20H,4-5,8,11-13,15-16H2,1H3,(H2,24,25,26). The molecular weight excluding hydrogens is 366 g/mol. The molecule has 154 valence electrons. The van der Waals surface area contributed by atoms with Gasteiger partial charge in [0, 0.05) is 31.3 Å². The number of guanidine groups is 1. The normalized spacial score (nSPS) is 18.9. The van der Waals surface area contributed by atoms with Crippen molar-refractivity contribution in [1.82, 2.24) is 5.32 Å². The van der Waals surface area contributed by atoms with Crippen molar-refractivity contribution in [3.05, 3.63) is 53.6 Å². The predicted octanol–water partition coefficient (Wildman–Crippen LogP) is 3.89. The van der Waals surface area contributed by atoms with Crippen molar-refractivity contribution in [1.29, 1.82) is 0 Å². The van der Waals surface area contributed by atoms with Gasteiger partial charge in [0.1, 0.15) is 0 Å². The number of aliphatic imine (C=N–C) groups is 1. The SMILES string of the molecule is Cc1ccccc1CN=C(NCC1CCCO1)Nc1ccc2c(c1)OCCCO2. The van der Waals surface area contributed by atoms with Crippen molar-refractivity contribution < 1.29 is 14.2 Å². The summed E-state index contributed by atoms with van der Waals surface area (Å²) in [4.78, 5) is 4.81. The van der Waals surface area contributed by atoms with Crippen LogP contribution < -0.4 is 20.1 Å². The Morgan fingerprint density at radius 3 is 2.72 bits per heavy atom. The number of hydrogen-bond acceptors (Lipinski definition) is 4. The summed E-state index contributed by atoms with van der Waals surface area (Å²) in [5.41, 5.74) is 3.37. The van der Waals surface area contributed by atoms with Crippen LogP contribution in [0.15, 0.2) is 47.5 Å². The molecule has 2 aliphatic rings. The molecule has 0 saturated carbocycles. The number of anilines is 1. The van der Waals surface area contributed by atoms with Gasteiger partial charge in [-0.2, -0.15) is 0 Å². The molecule has 2 aromatic carbocycles. The third kappa shape index (κ3) is 5.41. The molecule has 2 aromatic rings. The molecule has 1 atom stereocenters. The van der Waals surface area contributed by atoms with Crippen LogP contribution in [0.1, 0.15) is 30.4 Å². The highest BCUT2D eigenvalue weighted by atomic mass is 16.5. The number of ether oxygens (including phenoxy) is 3. The molecule has 4 rings (SSSR count). The third-order valence-electron chi connectivity index (χ3n) is 5.20. The van der Waals surface area contributed by atoms with Crippen molar-refractivity contribution in [2.24, 2.45) is 4.99 Å². The Bertz CT molecular complexity index is 847. The van der Waals surface area contributed by atoms with Crippen LogP contribution in [-0.4, -0.2) is 38.4 Å². The lowest BCUT2D eigenvalue weighted by Gasteiger charge is -2.17. The molecule has 2 N–H and O–H groups in total. The van der Waals surface area contributed by atoms with Crippen molar-refractivity contribution in [2.75, 3.05) is 31.7 Å². The summed E-state index contributed by atoms with van der Waals surface area (Å²) in [5, 5.41) is 6.85. The van der Waals surface area contributed by atoms with Crippen molar-refractivity contribution in [3.8, 4) is 11.5 Å². The molecular formula is C23H29N3O3. The highest BCUT2D eigenvalue weighted by molar-refractivity contribution is 5.94. The van der Waals surface area contributed by atoms with Gasteiger partial charge in [0.2, 0.25) is 0 Å². The second-order valence-corrected chi connectivity index (χ2v) is 7.44. The fourth-order valence-electron chi connectivity index (χ4n) is 3.48. The second-order valence-electron chi connectivity index (χ2n) is 7.44. The lowest BCUT2D eigenvalue weighted by atomic mass is 10.1. The lowest BCUT2D eigenvalue weighted by molar-refractivity contribution is 0.114. The van der Waals surface area contributed by atoms with Gasteiger partial charge < -0.3 is 24.8 Å². The fraction of sp³-hybridized carbons (Fsp3) is 0.435. The van der Waals surface area contributed by atoms with Crippen molar-refractivity contribution in [3.63, 3.8) is 0 Å². The van der Waals surface area contributed by atoms with Gasteiger partial charge in [-0.1, -0.05) is 24.3 Å². The maximum atomic E-state index is 5.81. The molecule has 2 aliphatic heterocycles. The lowest BCUT2D eigenvalue weighted by Crippen LogP contribution is -2.36. The molecule has 0 aliphatic carbocycles. The quantitative estimate of drug-likeness (QED) is 0.594. The first-order chi connectivity index (χ1) is 14.3. The van der Waals surface area contributed by atoms with Crippen LogP contribution in [0.25, 0.3) is 0 Å². The maximum absolute atomic E-state index is 5.81. The number of fused-ring (bicyclic) bond motifs is 1. The molecule has 1 fully saturated rings. The minimum atomic E-state index is 0.240. The number of nitrogens with one attached hydrogen (secondary N) is 2. The van der Waals surface area contributed by atoms with Gasteiger partial charge in [-0.15, -0.1) is 0 Å². The van der Waals surface area contributed by atoms with Crippen LogP contribution in [0.5, 0.6) is 11.5 Å². The van der Waals surface area contributed by atoms with E-state index in [1.165, 1.54) is 11.1 Å². The molecule has 0 radical (unpaired) electrons. The zero-order valence-electron chi connectivity index (χ0n) is 16.9. The van der Waals surface area contributed by atoms with E-state index in [4.69, 9.17) is 19.2 Å². The molecule has 0 spiro atoms. The average molecular weight is 396 g/mol. The van der Waals surface area contributed by atoms with E-state index in [-0.39, 0.29) is 6.10 Å². The summed E-state index contributed by atoms with van der Waals surface area (Å²) in [6.45, 7) is 5.66. The van der Waals surface area contributed by atoms with Gasteiger partial charge in [0.25, 0.3) is 0 Å². The first kappa shape index (κ1) is 19.6. The number of hydrogen-bond donors (Lipinski definition) is 2. The van der Waals surface area contributed by atoms with E-state index in [1.807, 2.05) is 18.2 Å². The Hall–Kier alpha value is -2.73. The second kappa shape index (κ2) is 9.65. The number of nitrogens with zero attached hydrogens (tertiary/aromatic N) is 1. The van der Waals surface area contributed by atoms with E-state index in [2.05, 4.69) is 41.8 Å². The molecule has 2 heterocycles. The van der Waals surface area contributed by atoms with Crippen LogP contribution in [0, 0.1) is 6.92 Å². The first-order valence-corrected chi connectivity index (χ1v) is 10.4. The fourth-order valence-corrected chi connectivity index (χ4v) is 3.48. The van der Waals surface area contributed by atoms with Crippen LogP contribution in [0.4, 0.5) is 5.69 Å². The average Bonchev–Trinajstić information content (AvgIpc) is 3.15. The molecule has 1 saturated heterocycles. The molecule has 0 bridgehead atoms. The molecule has 1 unspecified atom stereocenters. The van der Waals surface area contributed by atoms with Crippen molar-refractivity contribution in [2.45, 2.75) is 38.8 Å². The summed E-state index contributed by atoms with van der Waals surface area (Å²) in [6.07, 6.45) is 3.34. The minimum Gasteiger partial charge on any atom is -0.490 e. The Labute approximate surface area is 172 Å². The number of benzene rings is 2. The van der Waals surface area contributed by atoms with E-state index in [0.29, 0.717) is 19.8 Å². The monoisotopic (exact) mass is 395 g/mol. The molecule has 6 nitrogen and oxygen atoms in total. The molecule has 29 heavy (non-hydrogen) atoms. The van der Waals surface area contributed by atoms with Gasteiger partial charge in [0.05, 0.1) is 25.9 Å². The summed E-state index contributed by atoms with van der Waals surface area (Å²) in [7, 11) is 0. The van der Waals surface area contributed by atoms with E-state index in [0.717, 1.165) is 55.6 Å². The van der Waals surface area contributed by atoms with E-state index < -0.39 is 0 Å². The third-order valence-corrected chi connectivity index (χ3v) is 5.20. The molecule has 0 aromatic heterocycles. The molecule has 6 heteroatoms. The number of rotatable bonds is 5. The van der Waals surface area contributed by atoms with E-state index in [1.54, 1.807) is 0 Å². The van der Waals surface area contributed by atoms with E-state index >= 15 is 0 Å². The zero-order chi connectivity index (χ0) is 19.9. The van der Waals surface area contributed by atoms with Gasteiger partial charge in [-0.05, 0) is 43.0 Å². The Balaban J connectivity index is 1.48. The Kier molecular flexibility index (Phi) is 6.52. The van der Waals surface area contributed by atoms with Crippen LogP contribution >= 0.6 is 0 Å². The minimum absolute atomic E-state index is 0.240. The highest BCUT2D eigenvalue weighted by Crippen LogP contribution is 2.32. The topological polar surface area (TPSA) is 64.1 Å². The summed E-state index contributed by atoms with van der Waals surface area (Å²) < 4.78 is 17.3. The van der Waals surface area contributed by atoms with Crippen LogP contribution in [0.3, 0.4) is 0 Å². The van der Waals surface area contributed by atoms with Crippen LogP contribution in [0.2, 0.25) is 0 Å². The highest BCUT2D eigenvalue weighted by Gasteiger charge is 2.16. The maximum Gasteiger partial charge on any atom is 0.196 e. The van der Waals surface area contributed by atoms with Gasteiger partial charge in [-0.25, -0.2) is 4.99 Å². The summed E-state index contributed by atoms with van der Waals surface area (Å²) in [5.74, 6) is 2.29. The van der Waals surface area contributed by atoms with Crippen molar-refractivity contribution >= 4 is 11.6 Å². The first-order valence-electron chi connectivity index (χ1n) is 10.4. The number of aryl methyl sites for hydroxylation is 1. The summed E-state index contributed by atoms with van der Waals surface area (Å²) in [6, 6.07) is 14.2. The Morgan fingerprint density at radius 2 is 1.90 bits per heavy atom. The van der Waals surface area contributed by atoms with E-state index in [9.17, 15) is 0 Å². The van der Waals surface area contributed by atoms with Gasteiger partial charge in [-0.3, -0.25) is 0 Å². The van der Waals surface area contributed by atoms with Gasteiger partial charge in [0.15, 0.2) is 17.5 Å². The predicted molar refractivity (Wildman–Crippen MR) is 115 cm³/mol. The van der Waals surface area contributed by atoms with Crippen LogP contribution in [-0.2, 0) is 11.3 Å². The zero-order valence-corrected chi connectivity index (χ0v) is 16.9. The van der Waals surface area contributed by atoms with Gasteiger partial charge >= 0.3 is 0 Å². The largest absolute Gasteiger partial charge is 0.490 e.